The fourth-order valence-electron chi connectivity index (χ4n) is 4.70. The summed E-state index contributed by atoms with van der Waals surface area (Å²) in [6, 6.07) is 2.56. The van der Waals surface area contributed by atoms with E-state index in [1.807, 2.05) is 0 Å². The Morgan fingerprint density at radius 1 is 0.571 bits per heavy atom. The van der Waals surface area contributed by atoms with Crippen molar-refractivity contribution in [2.45, 2.75) is 161 Å². The van der Waals surface area contributed by atoms with Crippen molar-refractivity contribution in [1.82, 2.24) is 4.73 Å². The molecule has 204 valence electrons. The van der Waals surface area contributed by atoms with Gasteiger partial charge in [0.2, 0.25) is 11.8 Å². The second-order valence-electron chi connectivity index (χ2n) is 10.3. The molecular formula is C30H55NO4. The highest BCUT2D eigenvalue weighted by atomic mass is 16.7. The maximum atomic E-state index is 11.8. The summed E-state index contributed by atoms with van der Waals surface area (Å²) in [7, 11) is 0. The van der Waals surface area contributed by atoms with Crippen molar-refractivity contribution < 1.29 is 19.8 Å². The van der Waals surface area contributed by atoms with Crippen LogP contribution in [0.5, 0.6) is 11.8 Å². The number of rotatable bonds is 25. The molecule has 5 heteroatoms. The summed E-state index contributed by atoms with van der Waals surface area (Å²) < 4.78 is 0.751. The lowest BCUT2D eigenvalue weighted by atomic mass is 10.0. The molecule has 0 aromatic carbocycles. The Hall–Kier alpha value is -1.65. The first kappa shape index (κ1) is 31.4. The van der Waals surface area contributed by atoms with Crippen molar-refractivity contribution in [3.63, 3.8) is 0 Å². The van der Waals surface area contributed by atoms with Gasteiger partial charge >= 0.3 is 5.97 Å². The van der Waals surface area contributed by atoms with Gasteiger partial charge in [0.25, 0.3) is 0 Å². The van der Waals surface area contributed by atoms with E-state index >= 15 is 0 Å². The lowest BCUT2D eigenvalue weighted by molar-refractivity contribution is -0.145. The Balaban J connectivity index is 1.72. The summed E-state index contributed by atoms with van der Waals surface area (Å²) in [6.45, 7) is 2.29. The highest BCUT2D eigenvalue weighted by Gasteiger charge is 2.11. The van der Waals surface area contributed by atoms with E-state index in [-0.39, 0.29) is 11.8 Å². The third-order valence-corrected chi connectivity index (χ3v) is 6.98. The smallest absolute Gasteiger partial charge is 0.333 e. The van der Waals surface area contributed by atoms with Crippen LogP contribution in [0.15, 0.2) is 12.1 Å². The Morgan fingerprint density at radius 3 is 1.17 bits per heavy atom. The quantitative estimate of drug-likeness (QED) is 0.133. The molecule has 0 bridgehead atoms. The fraction of sp³-hybridized carbons (Fsp3) is 0.833. The average Bonchev–Trinajstić information content (AvgIpc) is 3.16. The van der Waals surface area contributed by atoms with Crippen LogP contribution in [0.25, 0.3) is 0 Å². The van der Waals surface area contributed by atoms with Crippen LogP contribution in [-0.2, 0) is 4.79 Å². The molecule has 0 radical (unpaired) electrons. The molecule has 0 atom stereocenters. The first-order valence-corrected chi connectivity index (χ1v) is 15.0. The van der Waals surface area contributed by atoms with E-state index in [1.165, 1.54) is 141 Å². The molecule has 0 saturated carbocycles. The number of aromatic nitrogens is 1. The predicted molar refractivity (Wildman–Crippen MR) is 146 cm³/mol. The summed E-state index contributed by atoms with van der Waals surface area (Å²) in [5, 5.41) is 18.9. The predicted octanol–water partition coefficient (Wildman–Crippen LogP) is 9.24. The standard InChI is InChI=1S/C30H55NO4/c1-2-3-4-5-6-7-8-9-10-11-12-13-14-15-16-17-18-19-20-21-22-23-24-25-30(34)35-31-28(32)26-27-29(31)33/h26-27,32-33H,2-25H2,1H3. The molecule has 5 nitrogen and oxygen atoms in total. The minimum Gasteiger partial charge on any atom is -0.492 e. The second-order valence-corrected chi connectivity index (χ2v) is 10.3. The molecule has 35 heavy (non-hydrogen) atoms. The van der Waals surface area contributed by atoms with E-state index in [9.17, 15) is 15.0 Å². The summed E-state index contributed by atoms with van der Waals surface area (Å²) in [4.78, 5) is 16.7. The van der Waals surface area contributed by atoms with Crippen molar-refractivity contribution >= 4 is 5.97 Å². The molecule has 0 aliphatic heterocycles. The molecule has 0 saturated heterocycles. The van der Waals surface area contributed by atoms with Gasteiger partial charge in [-0.2, -0.15) is 0 Å². The molecule has 0 aliphatic rings. The molecule has 1 aromatic rings. The molecular weight excluding hydrogens is 438 g/mol. The van der Waals surface area contributed by atoms with Crippen LogP contribution in [-0.4, -0.2) is 20.9 Å². The lowest BCUT2D eigenvalue weighted by Crippen LogP contribution is -2.18. The second kappa shape index (κ2) is 22.8. The van der Waals surface area contributed by atoms with Crippen LogP contribution < -0.4 is 4.84 Å². The molecule has 0 amide bonds. The highest BCUT2D eigenvalue weighted by Crippen LogP contribution is 2.19. The van der Waals surface area contributed by atoms with Gasteiger partial charge in [0.05, 0.1) is 0 Å². The zero-order chi connectivity index (χ0) is 25.4. The monoisotopic (exact) mass is 493 g/mol. The lowest BCUT2D eigenvalue weighted by Gasteiger charge is -2.06. The van der Waals surface area contributed by atoms with Crippen LogP contribution in [0.2, 0.25) is 0 Å². The number of carbonyl (C=O) groups is 1. The largest absolute Gasteiger partial charge is 0.492 e. The molecule has 1 heterocycles. The van der Waals surface area contributed by atoms with E-state index in [1.54, 1.807) is 0 Å². The third kappa shape index (κ3) is 18.3. The van der Waals surface area contributed by atoms with Crippen LogP contribution in [0.3, 0.4) is 0 Å². The number of carbonyl (C=O) groups excluding carboxylic acids is 1. The van der Waals surface area contributed by atoms with E-state index in [4.69, 9.17) is 4.84 Å². The zero-order valence-electron chi connectivity index (χ0n) is 22.8. The molecule has 2 N–H and O–H groups in total. The van der Waals surface area contributed by atoms with Crippen LogP contribution in [0.1, 0.15) is 161 Å². The Morgan fingerprint density at radius 2 is 0.857 bits per heavy atom. The summed E-state index contributed by atoms with van der Waals surface area (Å²) in [5.74, 6) is -0.990. The average molecular weight is 494 g/mol. The minimum absolute atomic E-state index is 0.278. The maximum absolute atomic E-state index is 11.8. The molecule has 0 unspecified atom stereocenters. The number of unbranched alkanes of at least 4 members (excludes halogenated alkanes) is 22. The number of hydrogen-bond acceptors (Lipinski definition) is 4. The van der Waals surface area contributed by atoms with Gasteiger partial charge in [0, 0.05) is 18.6 Å². The Labute approximate surface area is 215 Å². The summed E-state index contributed by atoms with van der Waals surface area (Å²) in [6.07, 6.45) is 31.3. The molecule has 0 spiro atoms. The number of nitrogens with zero attached hydrogens (tertiary/aromatic N) is 1. The molecule has 0 aliphatic carbocycles. The summed E-state index contributed by atoms with van der Waals surface area (Å²) >= 11 is 0. The summed E-state index contributed by atoms with van der Waals surface area (Å²) in [5.41, 5.74) is 0. The van der Waals surface area contributed by atoms with Crippen molar-refractivity contribution in [2.75, 3.05) is 0 Å². The van der Waals surface area contributed by atoms with Gasteiger partial charge in [0.1, 0.15) is 0 Å². The topological polar surface area (TPSA) is 71.7 Å². The van der Waals surface area contributed by atoms with Crippen molar-refractivity contribution in [2.24, 2.45) is 0 Å². The first-order valence-electron chi connectivity index (χ1n) is 15.0. The Kier molecular flexibility index (Phi) is 20.4. The van der Waals surface area contributed by atoms with Crippen LogP contribution >= 0.6 is 0 Å². The molecule has 0 fully saturated rings. The van der Waals surface area contributed by atoms with E-state index in [0.717, 1.165) is 24.0 Å². The minimum atomic E-state index is -0.435. The molecule has 1 rings (SSSR count). The van der Waals surface area contributed by atoms with Gasteiger partial charge in [-0.25, -0.2) is 4.79 Å². The van der Waals surface area contributed by atoms with Gasteiger partial charge in [0.15, 0.2) is 0 Å². The van der Waals surface area contributed by atoms with E-state index in [2.05, 4.69) is 6.92 Å². The number of aromatic hydroxyl groups is 2. The van der Waals surface area contributed by atoms with Gasteiger partial charge < -0.3 is 15.1 Å². The van der Waals surface area contributed by atoms with Crippen molar-refractivity contribution in [1.29, 1.82) is 0 Å². The number of hydrogen-bond donors (Lipinski definition) is 2. The highest BCUT2D eigenvalue weighted by molar-refractivity contribution is 5.69. The SMILES string of the molecule is CCCCCCCCCCCCCCCCCCCCCCCCCC(=O)On1c(O)ccc1O. The van der Waals surface area contributed by atoms with E-state index < -0.39 is 5.97 Å². The van der Waals surface area contributed by atoms with Gasteiger partial charge in [-0.1, -0.05) is 148 Å². The van der Waals surface area contributed by atoms with Gasteiger partial charge in [-0.3, -0.25) is 0 Å². The van der Waals surface area contributed by atoms with Crippen LogP contribution in [0, 0.1) is 0 Å². The van der Waals surface area contributed by atoms with Crippen molar-refractivity contribution in [3.05, 3.63) is 12.1 Å². The zero-order valence-corrected chi connectivity index (χ0v) is 22.8. The molecule has 1 aromatic heterocycles. The maximum Gasteiger partial charge on any atom is 0.333 e. The van der Waals surface area contributed by atoms with Crippen molar-refractivity contribution in [3.8, 4) is 11.8 Å². The van der Waals surface area contributed by atoms with Gasteiger partial charge in [-0.15, -0.1) is 4.73 Å². The van der Waals surface area contributed by atoms with E-state index in [0.29, 0.717) is 6.42 Å². The Bertz CT molecular complexity index is 594. The normalized spacial score (nSPS) is 11.2. The fourth-order valence-corrected chi connectivity index (χ4v) is 4.70. The van der Waals surface area contributed by atoms with Gasteiger partial charge in [-0.05, 0) is 6.42 Å². The first-order chi connectivity index (χ1) is 17.1. The van der Waals surface area contributed by atoms with Crippen LogP contribution in [0.4, 0.5) is 0 Å². The third-order valence-electron chi connectivity index (χ3n) is 6.98.